The molecule has 5 nitrogen and oxygen atoms in total. The summed E-state index contributed by atoms with van der Waals surface area (Å²) in [5.74, 6) is -0.0463. The van der Waals surface area contributed by atoms with E-state index in [1.807, 2.05) is 16.7 Å². The molecule has 0 fully saturated rings. The lowest BCUT2D eigenvalue weighted by Gasteiger charge is -2.14. The third-order valence-electron chi connectivity index (χ3n) is 3.28. The SMILES string of the molecule is Cl.Cl.O=C(NCC1=CCNCC1)c1ccc2nccn2c1. The molecule has 3 rings (SSSR count). The normalized spacial score (nSPS) is 13.8. The van der Waals surface area contributed by atoms with Gasteiger partial charge >= 0.3 is 0 Å². The molecule has 1 amide bonds. The Balaban J connectivity index is 0.00000110. The Morgan fingerprint density at radius 2 is 2.24 bits per heavy atom. The molecule has 3 heterocycles. The van der Waals surface area contributed by atoms with Crippen LogP contribution in [0.2, 0.25) is 0 Å². The zero-order chi connectivity index (χ0) is 13.1. The summed E-state index contributed by atoms with van der Waals surface area (Å²) in [4.78, 5) is 16.2. The van der Waals surface area contributed by atoms with E-state index in [1.165, 1.54) is 5.57 Å². The molecule has 0 saturated carbocycles. The average Bonchev–Trinajstić information content (AvgIpc) is 2.93. The van der Waals surface area contributed by atoms with Gasteiger partial charge in [0, 0.05) is 31.7 Å². The van der Waals surface area contributed by atoms with Gasteiger partial charge in [-0.15, -0.1) is 24.8 Å². The maximum Gasteiger partial charge on any atom is 0.253 e. The van der Waals surface area contributed by atoms with E-state index in [4.69, 9.17) is 0 Å². The third-order valence-corrected chi connectivity index (χ3v) is 3.28. The van der Waals surface area contributed by atoms with Crippen LogP contribution in [0.3, 0.4) is 0 Å². The maximum atomic E-state index is 12.1. The van der Waals surface area contributed by atoms with Crippen LogP contribution in [-0.2, 0) is 0 Å². The Kier molecular flexibility index (Phi) is 6.68. The summed E-state index contributed by atoms with van der Waals surface area (Å²) in [7, 11) is 0. The molecule has 114 valence electrons. The molecule has 0 atom stereocenters. The molecule has 2 N–H and O–H groups in total. The average molecular weight is 329 g/mol. The zero-order valence-electron chi connectivity index (χ0n) is 11.4. The van der Waals surface area contributed by atoms with Crippen LogP contribution in [0.15, 0.2) is 42.4 Å². The van der Waals surface area contributed by atoms with Gasteiger partial charge in [-0.25, -0.2) is 4.98 Å². The Morgan fingerprint density at radius 3 is 3.00 bits per heavy atom. The fourth-order valence-electron chi connectivity index (χ4n) is 2.18. The summed E-state index contributed by atoms with van der Waals surface area (Å²) in [5.41, 5.74) is 2.79. The number of rotatable bonds is 3. The van der Waals surface area contributed by atoms with Crippen molar-refractivity contribution < 1.29 is 4.79 Å². The first kappa shape index (κ1) is 17.5. The van der Waals surface area contributed by atoms with Gasteiger partial charge in [0.25, 0.3) is 5.91 Å². The number of carbonyl (C=O) groups is 1. The number of pyridine rings is 1. The summed E-state index contributed by atoms with van der Waals surface area (Å²) in [6.45, 7) is 2.51. The summed E-state index contributed by atoms with van der Waals surface area (Å²) in [5, 5.41) is 6.21. The molecule has 0 aromatic carbocycles. The summed E-state index contributed by atoms with van der Waals surface area (Å²) in [6, 6.07) is 3.65. The van der Waals surface area contributed by atoms with Crippen LogP contribution >= 0.6 is 24.8 Å². The van der Waals surface area contributed by atoms with Crippen LogP contribution in [-0.4, -0.2) is 34.9 Å². The Labute approximate surface area is 135 Å². The quantitative estimate of drug-likeness (QED) is 0.845. The van der Waals surface area contributed by atoms with E-state index in [-0.39, 0.29) is 30.7 Å². The Morgan fingerprint density at radius 1 is 1.38 bits per heavy atom. The lowest BCUT2D eigenvalue weighted by molar-refractivity contribution is 0.0956. The number of nitrogens with zero attached hydrogens (tertiary/aromatic N) is 2. The molecule has 7 heteroatoms. The van der Waals surface area contributed by atoms with E-state index < -0.39 is 0 Å². The second-order valence-corrected chi connectivity index (χ2v) is 4.61. The molecule has 0 spiro atoms. The lowest BCUT2D eigenvalue weighted by atomic mass is 10.1. The number of amides is 1. The monoisotopic (exact) mass is 328 g/mol. The first-order valence-corrected chi connectivity index (χ1v) is 6.42. The number of hydrogen-bond acceptors (Lipinski definition) is 3. The first-order chi connectivity index (χ1) is 9.33. The number of imidazole rings is 1. The maximum absolute atomic E-state index is 12.1. The predicted molar refractivity (Wildman–Crippen MR) is 87.6 cm³/mol. The van der Waals surface area contributed by atoms with Gasteiger partial charge in [0.15, 0.2) is 0 Å². The van der Waals surface area contributed by atoms with Crippen LogP contribution in [0.5, 0.6) is 0 Å². The largest absolute Gasteiger partial charge is 0.348 e. The van der Waals surface area contributed by atoms with Crippen molar-refractivity contribution in [1.82, 2.24) is 20.0 Å². The molecule has 0 bridgehead atoms. The van der Waals surface area contributed by atoms with Gasteiger partial charge in [-0.2, -0.15) is 0 Å². The van der Waals surface area contributed by atoms with Crippen LogP contribution in [0.4, 0.5) is 0 Å². The van der Waals surface area contributed by atoms with E-state index in [9.17, 15) is 4.79 Å². The highest BCUT2D eigenvalue weighted by molar-refractivity contribution is 5.94. The molecule has 0 saturated heterocycles. The van der Waals surface area contributed by atoms with Crippen molar-refractivity contribution in [3.8, 4) is 0 Å². The van der Waals surface area contributed by atoms with Crippen molar-refractivity contribution in [2.45, 2.75) is 6.42 Å². The van der Waals surface area contributed by atoms with Gasteiger partial charge in [-0.05, 0) is 25.1 Å². The molecule has 1 aliphatic heterocycles. The molecule has 0 aliphatic carbocycles. The molecule has 21 heavy (non-hydrogen) atoms. The minimum absolute atomic E-state index is 0. The minimum Gasteiger partial charge on any atom is -0.348 e. The number of carbonyl (C=O) groups excluding carboxylic acids is 1. The highest BCUT2D eigenvalue weighted by Crippen LogP contribution is 2.06. The molecular weight excluding hydrogens is 311 g/mol. The summed E-state index contributed by atoms with van der Waals surface area (Å²) < 4.78 is 1.85. The molecule has 0 radical (unpaired) electrons. The second-order valence-electron chi connectivity index (χ2n) is 4.61. The van der Waals surface area contributed by atoms with Crippen LogP contribution < -0.4 is 10.6 Å². The zero-order valence-corrected chi connectivity index (χ0v) is 13.0. The van der Waals surface area contributed by atoms with Crippen molar-refractivity contribution in [1.29, 1.82) is 0 Å². The van der Waals surface area contributed by atoms with Gasteiger partial charge in [0.2, 0.25) is 0 Å². The van der Waals surface area contributed by atoms with Gasteiger partial charge < -0.3 is 15.0 Å². The van der Waals surface area contributed by atoms with Gasteiger partial charge in [-0.1, -0.05) is 11.6 Å². The topological polar surface area (TPSA) is 58.4 Å². The fraction of sp³-hybridized carbons (Fsp3) is 0.286. The molecule has 2 aromatic rings. The number of aromatic nitrogens is 2. The molecule has 1 aliphatic rings. The number of nitrogens with one attached hydrogen (secondary N) is 2. The smallest absolute Gasteiger partial charge is 0.253 e. The van der Waals surface area contributed by atoms with Crippen LogP contribution in [0, 0.1) is 0 Å². The third kappa shape index (κ3) is 4.20. The fourth-order valence-corrected chi connectivity index (χ4v) is 2.18. The van der Waals surface area contributed by atoms with Crippen molar-refractivity contribution in [2.24, 2.45) is 0 Å². The van der Waals surface area contributed by atoms with Gasteiger partial charge in [-0.3, -0.25) is 4.79 Å². The van der Waals surface area contributed by atoms with Crippen LogP contribution in [0.1, 0.15) is 16.8 Å². The van der Waals surface area contributed by atoms with E-state index in [0.29, 0.717) is 12.1 Å². The van der Waals surface area contributed by atoms with E-state index in [0.717, 1.165) is 25.2 Å². The number of fused-ring (bicyclic) bond motifs is 1. The van der Waals surface area contributed by atoms with E-state index in [2.05, 4.69) is 21.7 Å². The van der Waals surface area contributed by atoms with Crippen LogP contribution in [0.25, 0.3) is 5.65 Å². The second kappa shape index (κ2) is 8.02. The van der Waals surface area contributed by atoms with Crippen molar-refractivity contribution in [3.05, 3.63) is 47.9 Å². The van der Waals surface area contributed by atoms with Gasteiger partial charge in [0.1, 0.15) is 5.65 Å². The summed E-state index contributed by atoms with van der Waals surface area (Å²) in [6.07, 6.45) is 8.50. The standard InChI is InChI=1S/C14H16N4O.2ClH/c19-14(17-9-11-3-5-15-6-4-11)12-1-2-13-16-7-8-18(13)10-12;;/h1-3,7-8,10,15H,4-6,9H2,(H,17,19);2*1H. The molecular formula is C14H18Cl2N4O. The van der Waals surface area contributed by atoms with Crippen molar-refractivity contribution in [3.63, 3.8) is 0 Å². The highest BCUT2D eigenvalue weighted by atomic mass is 35.5. The summed E-state index contributed by atoms with van der Waals surface area (Å²) >= 11 is 0. The van der Waals surface area contributed by atoms with E-state index >= 15 is 0 Å². The molecule has 0 unspecified atom stereocenters. The number of halogens is 2. The van der Waals surface area contributed by atoms with Crippen molar-refractivity contribution in [2.75, 3.05) is 19.6 Å². The van der Waals surface area contributed by atoms with Crippen molar-refractivity contribution >= 4 is 36.4 Å². The lowest BCUT2D eigenvalue weighted by Crippen LogP contribution is -2.29. The number of hydrogen-bond donors (Lipinski definition) is 2. The predicted octanol–water partition coefficient (Wildman–Crippen LogP) is 1.83. The minimum atomic E-state index is -0.0463. The first-order valence-electron chi connectivity index (χ1n) is 6.42. The highest BCUT2D eigenvalue weighted by Gasteiger charge is 2.08. The Bertz CT molecular complexity index is 639. The Hall–Kier alpha value is -1.56. The molecule has 2 aromatic heterocycles. The van der Waals surface area contributed by atoms with E-state index in [1.54, 1.807) is 18.5 Å². The van der Waals surface area contributed by atoms with Gasteiger partial charge in [0.05, 0.1) is 5.56 Å².